The average molecular weight is 304 g/mol. The van der Waals surface area contributed by atoms with Crippen LogP contribution >= 0.6 is 0 Å². The third kappa shape index (κ3) is 5.71. The van der Waals surface area contributed by atoms with Gasteiger partial charge in [-0.25, -0.2) is 8.42 Å². The van der Waals surface area contributed by atoms with Crippen molar-refractivity contribution in [1.82, 2.24) is 4.13 Å². The quantitative estimate of drug-likeness (QED) is 0.519. The van der Waals surface area contributed by atoms with Crippen molar-refractivity contribution >= 4 is 24.3 Å². The van der Waals surface area contributed by atoms with Crippen molar-refractivity contribution in [2.45, 2.75) is 33.3 Å². The summed E-state index contributed by atoms with van der Waals surface area (Å²) < 4.78 is 26.6. The van der Waals surface area contributed by atoms with Gasteiger partial charge in [-0.2, -0.15) is 0 Å². The number of hydrogen-bond acceptors (Lipinski definition) is 2. The Morgan fingerprint density at radius 1 is 1.38 bits per heavy atom. The molecule has 0 saturated heterocycles. The lowest BCUT2D eigenvalue weighted by molar-refractivity contribution is 0.554. The number of rotatable bonds is 9. The van der Waals surface area contributed by atoms with E-state index in [9.17, 15) is 8.42 Å². The second-order valence-electron chi connectivity index (χ2n) is 5.53. The molecule has 1 unspecified atom stereocenters. The lowest BCUT2D eigenvalue weighted by Gasteiger charge is -2.26. The average Bonchev–Trinajstić information content (AvgIpc) is 2.39. The molecule has 0 spiro atoms. The molecule has 1 aromatic carbocycles. The first-order valence-corrected chi connectivity index (χ1v) is 8.97. The Labute approximate surface area is 130 Å². The van der Waals surface area contributed by atoms with Crippen LogP contribution in [-0.4, -0.2) is 32.6 Å². The van der Waals surface area contributed by atoms with Crippen LogP contribution in [0.5, 0.6) is 0 Å². The zero-order valence-electron chi connectivity index (χ0n) is 13.2. The van der Waals surface area contributed by atoms with Crippen LogP contribution in [0.15, 0.2) is 43.0 Å². The Bertz CT molecular complexity index is 534. The van der Waals surface area contributed by atoms with Crippen LogP contribution in [-0.2, 0) is 16.3 Å². The molecule has 3 nitrogen and oxygen atoms in total. The summed E-state index contributed by atoms with van der Waals surface area (Å²) in [5.74, 6) is 0.238. The summed E-state index contributed by atoms with van der Waals surface area (Å²) in [6.45, 7) is 9.25. The van der Waals surface area contributed by atoms with Crippen LogP contribution in [0.3, 0.4) is 0 Å². The van der Waals surface area contributed by atoms with Gasteiger partial charge in [0.15, 0.2) is 10.0 Å². The van der Waals surface area contributed by atoms with Crippen molar-refractivity contribution in [1.29, 1.82) is 0 Å². The molecule has 0 aliphatic carbocycles. The van der Waals surface area contributed by atoms with E-state index in [2.05, 4.69) is 6.58 Å². The number of nitrogens with zero attached hydrogens (tertiary/aromatic N) is 1. The fraction of sp³-hybridized carbons (Fsp3) is 0.467. The molecular formula is C15H24B2NO2S. The van der Waals surface area contributed by atoms with Gasteiger partial charge in [0.05, 0.1) is 5.75 Å². The van der Waals surface area contributed by atoms with Crippen LogP contribution in [0.4, 0.5) is 0 Å². The van der Waals surface area contributed by atoms with Crippen molar-refractivity contribution in [2.24, 2.45) is 5.92 Å². The highest BCUT2D eigenvalue weighted by atomic mass is 32.2. The minimum Gasteiger partial charge on any atom is -0.286 e. The first kappa shape index (κ1) is 18.0. The van der Waals surface area contributed by atoms with Crippen molar-refractivity contribution in [3.8, 4) is 0 Å². The van der Waals surface area contributed by atoms with Gasteiger partial charge in [-0.15, -0.1) is 6.58 Å². The number of hydrogen-bond donors (Lipinski definition) is 0. The van der Waals surface area contributed by atoms with Crippen LogP contribution in [0.1, 0.15) is 18.9 Å². The van der Waals surface area contributed by atoms with Gasteiger partial charge in [0.25, 0.3) is 0 Å². The highest BCUT2D eigenvalue weighted by Gasteiger charge is 2.29. The zero-order valence-corrected chi connectivity index (χ0v) is 14.0. The van der Waals surface area contributed by atoms with Gasteiger partial charge < -0.3 is 0 Å². The highest BCUT2D eigenvalue weighted by molar-refractivity contribution is 7.91. The molecule has 0 fully saturated rings. The maximum atomic E-state index is 12.5. The van der Waals surface area contributed by atoms with E-state index in [0.29, 0.717) is 12.7 Å². The molecule has 113 valence electrons. The maximum absolute atomic E-state index is 12.5. The molecule has 6 heteroatoms. The predicted molar refractivity (Wildman–Crippen MR) is 93.0 cm³/mol. The van der Waals surface area contributed by atoms with Crippen molar-refractivity contribution in [3.63, 3.8) is 0 Å². The van der Waals surface area contributed by atoms with Gasteiger partial charge in [0.2, 0.25) is 14.3 Å². The molecule has 0 bridgehead atoms. The summed E-state index contributed by atoms with van der Waals surface area (Å²) in [6, 6.07) is 9.96. The second-order valence-corrected chi connectivity index (χ2v) is 7.45. The summed E-state index contributed by atoms with van der Waals surface area (Å²) in [7, 11) is -1.61. The Morgan fingerprint density at radius 3 is 2.52 bits per heavy atom. The van der Waals surface area contributed by atoms with E-state index in [1.165, 1.54) is 4.13 Å². The zero-order chi connectivity index (χ0) is 15.9. The summed E-state index contributed by atoms with van der Waals surface area (Å²) in [5.41, 5.74) is 1.14. The topological polar surface area (TPSA) is 37.4 Å². The first-order valence-electron chi connectivity index (χ1n) is 7.36. The Balaban J connectivity index is 2.78. The van der Waals surface area contributed by atoms with E-state index in [-0.39, 0.29) is 18.5 Å². The van der Waals surface area contributed by atoms with Crippen LogP contribution < -0.4 is 0 Å². The Kier molecular flexibility index (Phi) is 7.26. The maximum Gasteiger partial charge on any atom is 0.228 e. The second kappa shape index (κ2) is 8.44. The lowest BCUT2D eigenvalue weighted by atomic mass is 9.56. The highest BCUT2D eigenvalue weighted by Crippen LogP contribution is 2.14. The molecule has 21 heavy (non-hydrogen) atoms. The molecule has 0 amide bonds. The summed E-state index contributed by atoms with van der Waals surface area (Å²) in [5, 5.41) is 0. The Hall–Kier alpha value is -1.00. The van der Waals surface area contributed by atoms with Crippen molar-refractivity contribution < 1.29 is 8.42 Å². The van der Waals surface area contributed by atoms with Crippen LogP contribution in [0.25, 0.3) is 0 Å². The molecule has 1 rings (SSSR count). The summed E-state index contributed by atoms with van der Waals surface area (Å²) in [4.78, 5) is 0. The summed E-state index contributed by atoms with van der Waals surface area (Å²) >= 11 is 0. The van der Waals surface area contributed by atoms with Gasteiger partial charge in [0.1, 0.15) is 0 Å². The molecule has 1 aromatic rings. The lowest BCUT2D eigenvalue weighted by Crippen LogP contribution is -2.46. The molecule has 1 atom stereocenters. The van der Waals surface area contributed by atoms with E-state index >= 15 is 0 Å². The van der Waals surface area contributed by atoms with Gasteiger partial charge in [-0.1, -0.05) is 62.5 Å². The summed E-state index contributed by atoms with van der Waals surface area (Å²) in [6.07, 6.45) is 3.19. The number of sulfonamides is 1. The minimum atomic E-state index is -3.28. The van der Waals surface area contributed by atoms with Gasteiger partial charge in [-0.3, -0.25) is 4.13 Å². The molecular weight excluding hydrogens is 280 g/mol. The third-order valence-electron chi connectivity index (χ3n) is 3.45. The molecule has 0 aromatic heterocycles. The van der Waals surface area contributed by atoms with E-state index in [1.807, 2.05) is 44.1 Å². The normalized spacial score (nSPS) is 13.0. The molecule has 0 heterocycles. The monoisotopic (exact) mass is 304 g/mol. The van der Waals surface area contributed by atoms with Crippen molar-refractivity contribution in [3.05, 3.63) is 48.6 Å². The fourth-order valence-corrected chi connectivity index (χ4v) is 4.50. The SMILES string of the molecule is C=CCC(C)CS(=O)(=O)N([B]C)B(C)Cc1ccccc1. The predicted octanol–water partition coefficient (Wildman–Crippen LogP) is 2.90. The molecule has 0 aliphatic heterocycles. The first-order chi connectivity index (χ1) is 9.90. The van der Waals surface area contributed by atoms with E-state index in [4.69, 9.17) is 0 Å². The number of benzene rings is 1. The van der Waals surface area contributed by atoms with Gasteiger partial charge in [-0.05, 0) is 18.7 Å². The molecule has 0 saturated carbocycles. The van der Waals surface area contributed by atoms with Crippen LogP contribution in [0.2, 0.25) is 13.6 Å². The van der Waals surface area contributed by atoms with E-state index in [0.717, 1.165) is 5.56 Å². The third-order valence-corrected chi connectivity index (χ3v) is 5.65. The van der Waals surface area contributed by atoms with E-state index in [1.54, 1.807) is 20.3 Å². The van der Waals surface area contributed by atoms with Crippen LogP contribution in [0, 0.1) is 5.92 Å². The fourth-order valence-electron chi connectivity index (χ4n) is 2.53. The minimum absolute atomic E-state index is 0.0823. The Morgan fingerprint density at radius 2 is 2.00 bits per heavy atom. The largest absolute Gasteiger partial charge is 0.286 e. The van der Waals surface area contributed by atoms with Gasteiger partial charge in [0, 0.05) is 0 Å². The van der Waals surface area contributed by atoms with E-state index < -0.39 is 10.0 Å². The smallest absolute Gasteiger partial charge is 0.228 e. The van der Waals surface area contributed by atoms with Gasteiger partial charge >= 0.3 is 0 Å². The standard InChI is InChI=1S/C15H24B2NO2S/c1-5-9-14(2)13-21(19,20)18(16-3)17(4)12-15-10-7-6-8-11-15/h5-8,10-11,14H,1,9,12-13H2,2-4H3. The molecule has 0 aliphatic rings. The number of allylic oxidation sites excluding steroid dienone is 1. The molecule has 1 radical (unpaired) electrons. The van der Waals surface area contributed by atoms with Crippen molar-refractivity contribution in [2.75, 3.05) is 5.75 Å². The molecule has 0 N–H and O–H groups in total.